The average molecular weight is 363 g/mol. The molecule has 1 atom stereocenters. The van der Waals surface area contributed by atoms with E-state index in [2.05, 4.69) is 0 Å². The maximum atomic E-state index is 13.4. The van der Waals surface area contributed by atoms with Crippen LogP contribution in [0.5, 0.6) is 0 Å². The Kier molecular flexibility index (Phi) is 4.32. The van der Waals surface area contributed by atoms with E-state index in [-0.39, 0.29) is 17.1 Å². The number of carbonyl (C=O) groups is 1. The summed E-state index contributed by atoms with van der Waals surface area (Å²) >= 11 is 0. The van der Waals surface area contributed by atoms with Gasteiger partial charge in [-0.05, 0) is 42.7 Å². The molecule has 0 radical (unpaired) electrons. The van der Waals surface area contributed by atoms with Gasteiger partial charge in [-0.3, -0.25) is 9.59 Å². The standard InChI is InChI=1S/C22H21NO4/c1-13-11-16-17(12-14(13)2)27-21-18(20(16)24)19(15-7-5-4-6-8-15)23(22(21)25)9-10-26-3/h4-8,11-12,19H,9-10H2,1-3H3. The number of ether oxygens (including phenoxy) is 1. The summed E-state index contributed by atoms with van der Waals surface area (Å²) in [6, 6.07) is 12.8. The smallest absolute Gasteiger partial charge is 0.290 e. The van der Waals surface area contributed by atoms with Gasteiger partial charge in [0.25, 0.3) is 5.91 Å². The number of amides is 1. The molecular formula is C22H21NO4. The molecule has 1 aliphatic rings. The molecule has 0 saturated carbocycles. The van der Waals surface area contributed by atoms with Gasteiger partial charge in [0.05, 0.1) is 23.6 Å². The molecule has 0 saturated heterocycles. The molecule has 1 aliphatic heterocycles. The highest BCUT2D eigenvalue weighted by Crippen LogP contribution is 2.38. The molecule has 4 rings (SSSR count). The Bertz CT molecular complexity index is 1080. The van der Waals surface area contributed by atoms with Crippen molar-refractivity contribution in [2.24, 2.45) is 0 Å². The van der Waals surface area contributed by atoms with Gasteiger partial charge in [-0.2, -0.15) is 0 Å². The molecule has 1 unspecified atom stereocenters. The first-order valence-electron chi connectivity index (χ1n) is 8.95. The van der Waals surface area contributed by atoms with Crippen LogP contribution >= 0.6 is 0 Å². The van der Waals surface area contributed by atoms with Crippen LogP contribution < -0.4 is 5.43 Å². The number of fused-ring (bicyclic) bond motifs is 2. The fourth-order valence-corrected chi connectivity index (χ4v) is 3.68. The normalized spacial score (nSPS) is 16.2. The maximum absolute atomic E-state index is 13.4. The van der Waals surface area contributed by atoms with Gasteiger partial charge >= 0.3 is 0 Å². The Morgan fingerprint density at radius 1 is 1.07 bits per heavy atom. The summed E-state index contributed by atoms with van der Waals surface area (Å²) in [7, 11) is 1.59. The van der Waals surface area contributed by atoms with E-state index >= 15 is 0 Å². The summed E-state index contributed by atoms with van der Waals surface area (Å²) in [6.45, 7) is 4.69. The molecule has 0 aliphatic carbocycles. The van der Waals surface area contributed by atoms with Crippen molar-refractivity contribution in [3.05, 3.63) is 80.7 Å². The van der Waals surface area contributed by atoms with E-state index in [4.69, 9.17) is 9.15 Å². The van der Waals surface area contributed by atoms with Crippen molar-refractivity contribution in [2.75, 3.05) is 20.3 Å². The van der Waals surface area contributed by atoms with Crippen LogP contribution in [0.25, 0.3) is 11.0 Å². The Morgan fingerprint density at radius 3 is 2.48 bits per heavy atom. The molecule has 2 heterocycles. The van der Waals surface area contributed by atoms with Gasteiger partial charge in [0.1, 0.15) is 5.58 Å². The summed E-state index contributed by atoms with van der Waals surface area (Å²) < 4.78 is 11.1. The topological polar surface area (TPSA) is 59.8 Å². The predicted octanol–water partition coefficient (Wildman–Crippen LogP) is 3.60. The predicted molar refractivity (Wildman–Crippen MR) is 103 cm³/mol. The van der Waals surface area contributed by atoms with E-state index < -0.39 is 6.04 Å². The van der Waals surface area contributed by atoms with Crippen LogP contribution in [0, 0.1) is 13.8 Å². The molecule has 138 valence electrons. The van der Waals surface area contributed by atoms with Crippen LogP contribution in [0.3, 0.4) is 0 Å². The number of benzene rings is 2. The summed E-state index contributed by atoms with van der Waals surface area (Å²) in [6.07, 6.45) is 0. The second kappa shape index (κ2) is 6.67. The van der Waals surface area contributed by atoms with E-state index in [0.717, 1.165) is 16.7 Å². The van der Waals surface area contributed by atoms with Crippen LogP contribution in [0.2, 0.25) is 0 Å². The summed E-state index contributed by atoms with van der Waals surface area (Å²) in [4.78, 5) is 28.1. The molecule has 0 N–H and O–H groups in total. The van der Waals surface area contributed by atoms with Crippen molar-refractivity contribution in [3.8, 4) is 0 Å². The molecule has 0 fully saturated rings. The van der Waals surface area contributed by atoms with Gasteiger partial charge in [-0.25, -0.2) is 0 Å². The molecule has 5 nitrogen and oxygen atoms in total. The lowest BCUT2D eigenvalue weighted by atomic mass is 9.97. The van der Waals surface area contributed by atoms with Gasteiger partial charge < -0.3 is 14.1 Å². The number of carbonyl (C=O) groups excluding carboxylic acids is 1. The van der Waals surface area contributed by atoms with E-state index in [0.29, 0.717) is 29.7 Å². The molecule has 1 aromatic heterocycles. The lowest BCUT2D eigenvalue weighted by Crippen LogP contribution is -2.32. The number of methoxy groups -OCH3 is 1. The minimum atomic E-state index is -0.467. The largest absolute Gasteiger partial charge is 0.450 e. The summed E-state index contributed by atoms with van der Waals surface area (Å²) in [5.41, 5.74) is 3.65. The van der Waals surface area contributed by atoms with Gasteiger partial charge in [0.2, 0.25) is 5.76 Å². The van der Waals surface area contributed by atoms with Crippen molar-refractivity contribution in [1.82, 2.24) is 4.90 Å². The van der Waals surface area contributed by atoms with Crippen LogP contribution in [-0.2, 0) is 4.74 Å². The first kappa shape index (κ1) is 17.5. The third-order valence-electron chi connectivity index (χ3n) is 5.23. The zero-order valence-corrected chi connectivity index (χ0v) is 15.6. The SMILES string of the molecule is COCCN1C(=O)c2oc3cc(C)c(C)cc3c(=O)c2C1c1ccccc1. The molecule has 2 aromatic carbocycles. The highest BCUT2D eigenvalue weighted by atomic mass is 16.5. The molecular weight excluding hydrogens is 342 g/mol. The van der Waals surface area contributed by atoms with E-state index in [9.17, 15) is 9.59 Å². The fourth-order valence-electron chi connectivity index (χ4n) is 3.68. The Labute approximate surface area is 157 Å². The number of nitrogens with zero attached hydrogens (tertiary/aromatic N) is 1. The van der Waals surface area contributed by atoms with Gasteiger partial charge in [-0.15, -0.1) is 0 Å². The minimum Gasteiger partial charge on any atom is -0.450 e. The average Bonchev–Trinajstić information content (AvgIpc) is 2.95. The zero-order valence-electron chi connectivity index (χ0n) is 15.6. The Hall–Kier alpha value is -2.92. The number of hydrogen-bond donors (Lipinski definition) is 0. The van der Waals surface area contributed by atoms with Crippen LogP contribution in [-0.4, -0.2) is 31.1 Å². The summed E-state index contributed by atoms with van der Waals surface area (Å²) in [5, 5.41) is 0.513. The number of aryl methyl sites for hydroxylation is 2. The third-order valence-corrected chi connectivity index (χ3v) is 5.23. The molecule has 3 aromatic rings. The second-order valence-corrected chi connectivity index (χ2v) is 6.91. The monoisotopic (exact) mass is 363 g/mol. The van der Waals surface area contributed by atoms with Crippen molar-refractivity contribution < 1.29 is 13.9 Å². The minimum absolute atomic E-state index is 0.140. The van der Waals surface area contributed by atoms with E-state index in [1.807, 2.05) is 56.3 Å². The van der Waals surface area contributed by atoms with E-state index in [1.54, 1.807) is 12.0 Å². The van der Waals surface area contributed by atoms with Gasteiger partial charge in [0, 0.05) is 13.7 Å². The third kappa shape index (κ3) is 2.75. The second-order valence-electron chi connectivity index (χ2n) is 6.91. The summed E-state index contributed by atoms with van der Waals surface area (Å²) in [5.74, 6) is -0.131. The first-order valence-corrected chi connectivity index (χ1v) is 8.95. The lowest BCUT2D eigenvalue weighted by molar-refractivity contribution is 0.0663. The first-order chi connectivity index (χ1) is 13.0. The molecule has 1 amide bonds. The highest BCUT2D eigenvalue weighted by Gasteiger charge is 2.42. The lowest BCUT2D eigenvalue weighted by Gasteiger charge is -2.24. The van der Waals surface area contributed by atoms with Crippen LogP contribution in [0.1, 0.15) is 38.9 Å². The van der Waals surface area contributed by atoms with Gasteiger partial charge in [0.15, 0.2) is 5.43 Å². The van der Waals surface area contributed by atoms with Crippen molar-refractivity contribution in [3.63, 3.8) is 0 Å². The quantitative estimate of drug-likeness (QED) is 0.711. The zero-order chi connectivity index (χ0) is 19.1. The van der Waals surface area contributed by atoms with Crippen molar-refractivity contribution >= 4 is 16.9 Å². The van der Waals surface area contributed by atoms with Crippen LogP contribution in [0.15, 0.2) is 51.7 Å². The van der Waals surface area contributed by atoms with Gasteiger partial charge in [-0.1, -0.05) is 30.3 Å². The molecule has 0 spiro atoms. The Morgan fingerprint density at radius 2 is 1.78 bits per heavy atom. The number of hydrogen-bond acceptors (Lipinski definition) is 4. The van der Waals surface area contributed by atoms with E-state index in [1.165, 1.54) is 0 Å². The maximum Gasteiger partial charge on any atom is 0.290 e. The van der Waals surface area contributed by atoms with Crippen molar-refractivity contribution in [2.45, 2.75) is 19.9 Å². The fraction of sp³-hybridized carbons (Fsp3) is 0.273. The molecule has 0 bridgehead atoms. The van der Waals surface area contributed by atoms with Crippen LogP contribution in [0.4, 0.5) is 0 Å². The molecule has 27 heavy (non-hydrogen) atoms. The number of rotatable bonds is 4. The van der Waals surface area contributed by atoms with Crippen molar-refractivity contribution in [1.29, 1.82) is 0 Å². The Balaban J connectivity index is 1.99. The molecule has 5 heteroatoms. The highest BCUT2D eigenvalue weighted by molar-refractivity contribution is 5.99.